The first-order chi connectivity index (χ1) is 7.24. The summed E-state index contributed by atoms with van der Waals surface area (Å²) in [7, 11) is 2.16. The normalized spacial score (nSPS) is 19.6. The maximum Gasteiger partial charge on any atom is 0.238 e. The molecule has 15 heavy (non-hydrogen) atoms. The van der Waals surface area contributed by atoms with Crippen molar-refractivity contribution in [2.24, 2.45) is 0 Å². The Morgan fingerprint density at radius 1 is 1.33 bits per heavy atom. The molecule has 0 N–H and O–H groups in total. The van der Waals surface area contributed by atoms with Crippen molar-refractivity contribution in [2.45, 2.75) is 6.42 Å². The minimum Gasteiger partial charge on any atom is -0.338 e. The van der Waals surface area contributed by atoms with Gasteiger partial charge in [-0.15, -0.1) is 0 Å². The maximum absolute atomic E-state index is 5.03. The van der Waals surface area contributed by atoms with E-state index in [-0.39, 0.29) is 0 Å². The van der Waals surface area contributed by atoms with Crippen molar-refractivity contribution in [2.75, 3.05) is 39.8 Å². The Bertz CT molecular complexity index is 309. The molecule has 0 radical (unpaired) electrons. The van der Waals surface area contributed by atoms with Crippen LogP contribution < -0.4 is 0 Å². The zero-order chi connectivity index (χ0) is 10.7. The van der Waals surface area contributed by atoms with E-state index in [1.807, 2.05) is 0 Å². The number of halogens is 1. The number of aromatic nitrogens is 2. The lowest BCUT2D eigenvalue weighted by Crippen LogP contribution is -2.45. The Hall–Kier alpha value is -0.460. The van der Waals surface area contributed by atoms with Gasteiger partial charge in [0.25, 0.3) is 0 Å². The third kappa shape index (κ3) is 3.25. The molecule has 1 fully saturated rings. The lowest BCUT2D eigenvalue weighted by atomic mass is 10.3. The average Bonchev–Trinajstić information content (AvgIpc) is 2.64. The highest BCUT2D eigenvalue weighted by Gasteiger charge is 2.14. The molecule has 0 atom stereocenters. The summed E-state index contributed by atoms with van der Waals surface area (Å²) >= 11 is 3.17. The molecule has 1 saturated heterocycles. The van der Waals surface area contributed by atoms with Gasteiger partial charge in [-0.05, 0) is 28.1 Å². The molecule has 2 heterocycles. The van der Waals surface area contributed by atoms with Crippen LogP contribution in [-0.2, 0) is 6.42 Å². The molecule has 84 valence electrons. The molecule has 5 nitrogen and oxygen atoms in total. The highest BCUT2D eigenvalue weighted by molar-refractivity contribution is 9.10. The molecule has 1 aliphatic heterocycles. The van der Waals surface area contributed by atoms with Crippen molar-refractivity contribution in [1.29, 1.82) is 0 Å². The molecule has 0 saturated carbocycles. The van der Waals surface area contributed by atoms with Crippen LogP contribution in [0.5, 0.6) is 0 Å². The van der Waals surface area contributed by atoms with E-state index in [0.29, 0.717) is 10.6 Å². The summed E-state index contributed by atoms with van der Waals surface area (Å²) in [4.78, 5) is 8.89. The van der Waals surface area contributed by atoms with Crippen LogP contribution in [0.1, 0.15) is 5.89 Å². The first-order valence-electron chi connectivity index (χ1n) is 5.13. The van der Waals surface area contributed by atoms with Crippen LogP contribution in [0.25, 0.3) is 0 Å². The summed E-state index contributed by atoms with van der Waals surface area (Å²) in [5.74, 6) is 0.709. The van der Waals surface area contributed by atoms with Crippen LogP contribution in [0.4, 0.5) is 0 Å². The van der Waals surface area contributed by atoms with Crippen molar-refractivity contribution in [3.63, 3.8) is 0 Å². The molecule has 0 aromatic carbocycles. The van der Waals surface area contributed by atoms with Crippen LogP contribution in [0.3, 0.4) is 0 Å². The van der Waals surface area contributed by atoms with E-state index in [0.717, 1.165) is 39.1 Å². The molecule has 1 aromatic heterocycles. The van der Waals surface area contributed by atoms with E-state index in [9.17, 15) is 0 Å². The van der Waals surface area contributed by atoms with Gasteiger partial charge < -0.3 is 14.3 Å². The van der Waals surface area contributed by atoms with Gasteiger partial charge in [0.15, 0.2) is 0 Å². The van der Waals surface area contributed by atoms with E-state index in [1.54, 1.807) is 0 Å². The summed E-state index contributed by atoms with van der Waals surface area (Å²) in [5.41, 5.74) is 0. The summed E-state index contributed by atoms with van der Waals surface area (Å²) in [6.45, 7) is 5.56. The maximum atomic E-state index is 5.03. The standard InChI is InChI=1S/C9H15BrN4O/c1-13-4-6-14(7-5-13)3-2-8-11-9(10)12-15-8/h2-7H2,1H3. The third-order valence-corrected chi connectivity index (χ3v) is 3.00. The van der Waals surface area contributed by atoms with Crippen molar-refractivity contribution < 1.29 is 4.52 Å². The van der Waals surface area contributed by atoms with Crippen LogP contribution in [0.15, 0.2) is 9.26 Å². The fourth-order valence-corrected chi connectivity index (χ4v) is 1.93. The van der Waals surface area contributed by atoms with Crippen molar-refractivity contribution in [3.8, 4) is 0 Å². The van der Waals surface area contributed by atoms with Crippen LogP contribution in [0.2, 0.25) is 0 Å². The smallest absolute Gasteiger partial charge is 0.238 e. The molecule has 6 heteroatoms. The van der Waals surface area contributed by atoms with Crippen molar-refractivity contribution >= 4 is 15.9 Å². The van der Waals surface area contributed by atoms with Crippen molar-refractivity contribution in [1.82, 2.24) is 19.9 Å². The van der Waals surface area contributed by atoms with E-state index >= 15 is 0 Å². The van der Waals surface area contributed by atoms with Gasteiger partial charge in [-0.3, -0.25) is 0 Å². The number of hydrogen-bond acceptors (Lipinski definition) is 5. The van der Waals surface area contributed by atoms with E-state index in [1.165, 1.54) is 0 Å². The van der Waals surface area contributed by atoms with Gasteiger partial charge in [-0.1, -0.05) is 0 Å². The number of likely N-dealkylation sites (N-methyl/N-ethyl adjacent to an activating group) is 1. The first kappa shape index (κ1) is 11.0. The van der Waals surface area contributed by atoms with E-state index in [2.05, 4.69) is 42.9 Å². The summed E-state index contributed by atoms with van der Waals surface area (Å²) < 4.78 is 5.57. The molecule has 0 bridgehead atoms. The van der Waals surface area contributed by atoms with Gasteiger partial charge in [-0.2, -0.15) is 4.98 Å². The summed E-state index contributed by atoms with van der Waals surface area (Å²) in [6, 6.07) is 0. The molecular weight excluding hydrogens is 260 g/mol. The summed E-state index contributed by atoms with van der Waals surface area (Å²) in [5, 5.41) is 3.70. The monoisotopic (exact) mass is 274 g/mol. The van der Waals surface area contributed by atoms with Crippen LogP contribution in [0, 0.1) is 0 Å². The van der Waals surface area contributed by atoms with Gasteiger partial charge in [0.2, 0.25) is 10.6 Å². The second-order valence-electron chi connectivity index (χ2n) is 3.85. The Morgan fingerprint density at radius 2 is 2.07 bits per heavy atom. The van der Waals surface area contributed by atoms with E-state index < -0.39 is 0 Å². The molecule has 1 aliphatic rings. The number of piperazine rings is 1. The van der Waals surface area contributed by atoms with Crippen molar-refractivity contribution in [3.05, 3.63) is 10.6 Å². The molecule has 1 aromatic rings. The highest BCUT2D eigenvalue weighted by Crippen LogP contribution is 2.06. The average molecular weight is 275 g/mol. The van der Waals surface area contributed by atoms with E-state index in [4.69, 9.17) is 4.52 Å². The predicted molar refractivity (Wildman–Crippen MR) is 59.6 cm³/mol. The van der Waals surface area contributed by atoms with Gasteiger partial charge in [0.05, 0.1) is 0 Å². The highest BCUT2D eigenvalue weighted by atomic mass is 79.9. The Kier molecular flexibility index (Phi) is 3.71. The molecule has 0 amide bonds. The minimum atomic E-state index is 0.538. The minimum absolute atomic E-state index is 0.538. The predicted octanol–water partition coefficient (Wildman–Crippen LogP) is 0.622. The largest absolute Gasteiger partial charge is 0.338 e. The Balaban J connectivity index is 1.74. The molecule has 0 unspecified atom stereocenters. The zero-order valence-corrected chi connectivity index (χ0v) is 10.4. The van der Waals surface area contributed by atoms with Gasteiger partial charge in [0.1, 0.15) is 0 Å². The molecule has 0 aliphatic carbocycles. The first-order valence-corrected chi connectivity index (χ1v) is 5.92. The SMILES string of the molecule is CN1CCN(CCc2nc(Br)no2)CC1. The summed E-state index contributed by atoms with van der Waals surface area (Å²) in [6.07, 6.45) is 0.836. The number of hydrogen-bond donors (Lipinski definition) is 0. The third-order valence-electron chi connectivity index (χ3n) is 2.68. The van der Waals surface area contributed by atoms with Gasteiger partial charge in [0, 0.05) is 39.1 Å². The lowest BCUT2D eigenvalue weighted by molar-refractivity contribution is 0.152. The Labute approximate surface area is 97.6 Å². The van der Waals surface area contributed by atoms with Crippen LogP contribution >= 0.6 is 15.9 Å². The second kappa shape index (κ2) is 5.05. The molecule has 0 spiro atoms. The number of rotatable bonds is 3. The fraction of sp³-hybridized carbons (Fsp3) is 0.778. The molecule has 2 rings (SSSR count). The Morgan fingerprint density at radius 3 is 2.67 bits per heavy atom. The van der Waals surface area contributed by atoms with Crippen LogP contribution in [-0.4, -0.2) is 59.7 Å². The fourth-order valence-electron chi connectivity index (χ4n) is 1.66. The molecular formula is C9H15BrN4O. The zero-order valence-electron chi connectivity index (χ0n) is 8.82. The number of nitrogens with zero attached hydrogens (tertiary/aromatic N) is 4. The quantitative estimate of drug-likeness (QED) is 0.809. The van der Waals surface area contributed by atoms with Gasteiger partial charge >= 0.3 is 0 Å². The van der Waals surface area contributed by atoms with Gasteiger partial charge in [-0.25, -0.2) is 0 Å². The second-order valence-corrected chi connectivity index (χ2v) is 4.56. The topological polar surface area (TPSA) is 45.4 Å². The lowest BCUT2D eigenvalue weighted by Gasteiger charge is -2.31.